The van der Waals surface area contributed by atoms with Gasteiger partial charge in [-0.1, -0.05) is 32.0 Å². The Labute approximate surface area is 186 Å². The van der Waals surface area contributed by atoms with Crippen molar-refractivity contribution in [1.29, 1.82) is 0 Å². The summed E-state index contributed by atoms with van der Waals surface area (Å²) >= 11 is 0. The minimum absolute atomic E-state index is 0.236. The van der Waals surface area contributed by atoms with E-state index in [1.165, 1.54) is 20.0 Å². The highest BCUT2D eigenvalue weighted by Crippen LogP contribution is 2.32. The van der Waals surface area contributed by atoms with Crippen molar-refractivity contribution in [3.8, 4) is 17.0 Å². The van der Waals surface area contributed by atoms with E-state index in [9.17, 15) is 4.79 Å². The van der Waals surface area contributed by atoms with E-state index in [1.807, 2.05) is 24.3 Å². The molecule has 1 unspecified atom stereocenters. The van der Waals surface area contributed by atoms with Crippen LogP contribution in [-0.4, -0.2) is 62.3 Å². The second kappa shape index (κ2) is 11.3. The molecule has 1 fully saturated rings. The average molecular weight is 426 g/mol. The second-order valence-electron chi connectivity index (χ2n) is 8.49. The van der Waals surface area contributed by atoms with Crippen LogP contribution in [0.15, 0.2) is 36.5 Å². The molecular weight excluding hydrogens is 390 g/mol. The molecule has 31 heavy (non-hydrogen) atoms. The number of hydrogen-bond acceptors (Lipinski definition) is 6. The van der Waals surface area contributed by atoms with Gasteiger partial charge in [0.25, 0.3) is 0 Å². The van der Waals surface area contributed by atoms with Gasteiger partial charge >= 0.3 is 5.97 Å². The van der Waals surface area contributed by atoms with Gasteiger partial charge in [-0.25, -0.2) is 4.98 Å². The van der Waals surface area contributed by atoms with Crippen molar-refractivity contribution in [1.82, 2.24) is 15.2 Å². The largest absolute Gasteiger partial charge is 0.476 e. The summed E-state index contributed by atoms with van der Waals surface area (Å²) in [6, 6.07) is 10.7. The first-order valence-corrected chi connectivity index (χ1v) is 11.2. The Kier molecular flexibility index (Phi) is 8.43. The quantitative estimate of drug-likeness (QED) is 0.619. The van der Waals surface area contributed by atoms with Crippen molar-refractivity contribution in [2.24, 2.45) is 0 Å². The number of esters is 1. The van der Waals surface area contributed by atoms with Crippen LogP contribution in [0.25, 0.3) is 11.1 Å². The van der Waals surface area contributed by atoms with Crippen LogP contribution in [-0.2, 0) is 16.0 Å². The molecule has 6 nitrogen and oxygen atoms in total. The van der Waals surface area contributed by atoms with E-state index in [4.69, 9.17) is 9.47 Å². The molecule has 0 saturated carbocycles. The molecule has 1 atom stereocenters. The number of rotatable bonds is 9. The summed E-state index contributed by atoms with van der Waals surface area (Å²) < 4.78 is 10.9. The molecule has 1 saturated heterocycles. The molecule has 3 rings (SSSR count). The molecule has 6 heteroatoms. The molecule has 0 aliphatic carbocycles. The first-order valence-electron chi connectivity index (χ1n) is 11.2. The lowest BCUT2D eigenvalue weighted by Crippen LogP contribution is -2.45. The second-order valence-corrected chi connectivity index (χ2v) is 8.49. The van der Waals surface area contributed by atoms with Gasteiger partial charge in [-0.2, -0.15) is 0 Å². The molecule has 168 valence electrons. The van der Waals surface area contributed by atoms with Gasteiger partial charge in [-0.05, 0) is 60.7 Å². The number of piperidine rings is 1. The number of benzene rings is 1. The predicted molar refractivity (Wildman–Crippen MR) is 123 cm³/mol. The van der Waals surface area contributed by atoms with Crippen molar-refractivity contribution >= 4 is 5.97 Å². The molecule has 2 heterocycles. The summed E-state index contributed by atoms with van der Waals surface area (Å²) in [7, 11) is 3.58. The summed E-state index contributed by atoms with van der Waals surface area (Å²) in [6.07, 6.45) is 4.47. The van der Waals surface area contributed by atoms with Crippen molar-refractivity contribution in [3.05, 3.63) is 47.7 Å². The highest BCUT2D eigenvalue weighted by Gasteiger charge is 2.18. The minimum atomic E-state index is -0.236. The molecule has 0 amide bonds. The Morgan fingerprint density at radius 1 is 1.32 bits per heavy atom. The Morgan fingerprint density at radius 3 is 2.87 bits per heavy atom. The van der Waals surface area contributed by atoms with Crippen LogP contribution >= 0.6 is 0 Å². The maximum atomic E-state index is 12.1. The van der Waals surface area contributed by atoms with E-state index < -0.39 is 0 Å². The molecule has 1 aliphatic rings. The summed E-state index contributed by atoms with van der Waals surface area (Å²) in [5.41, 5.74) is 4.18. The summed E-state index contributed by atoms with van der Waals surface area (Å²) in [6.45, 7) is 7.88. The highest BCUT2D eigenvalue weighted by atomic mass is 16.5. The number of carbonyl (C=O) groups is 1. The fraction of sp³-hybridized carbons (Fsp3) is 0.520. The van der Waals surface area contributed by atoms with E-state index in [0.717, 1.165) is 41.9 Å². The lowest BCUT2D eigenvalue weighted by molar-refractivity contribution is -0.139. The minimum Gasteiger partial charge on any atom is -0.476 e. The van der Waals surface area contributed by atoms with Gasteiger partial charge in [0.05, 0.1) is 13.5 Å². The molecule has 1 N–H and O–H groups in total. The topological polar surface area (TPSA) is 63.7 Å². The van der Waals surface area contributed by atoms with Gasteiger partial charge in [-0.15, -0.1) is 0 Å². The number of methoxy groups -OCH3 is 1. The van der Waals surface area contributed by atoms with E-state index in [0.29, 0.717) is 24.4 Å². The number of ether oxygens (including phenoxy) is 2. The zero-order valence-electron chi connectivity index (χ0n) is 19.2. The fourth-order valence-electron chi connectivity index (χ4n) is 4.17. The number of carbonyl (C=O) groups excluding carboxylic acids is 1. The van der Waals surface area contributed by atoms with Crippen molar-refractivity contribution in [2.75, 3.05) is 40.4 Å². The van der Waals surface area contributed by atoms with Crippen LogP contribution in [0.4, 0.5) is 0 Å². The molecule has 1 aromatic heterocycles. The van der Waals surface area contributed by atoms with Crippen molar-refractivity contribution in [2.45, 2.75) is 45.1 Å². The van der Waals surface area contributed by atoms with Crippen LogP contribution < -0.4 is 10.1 Å². The van der Waals surface area contributed by atoms with Crippen LogP contribution in [0, 0.1) is 0 Å². The Hall–Kier alpha value is -2.44. The van der Waals surface area contributed by atoms with Gasteiger partial charge in [0.15, 0.2) is 0 Å². The summed E-state index contributed by atoms with van der Waals surface area (Å²) in [5, 5.41) is 3.46. The summed E-state index contributed by atoms with van der Waals surface area (Å²) in [5.74, 6) is 0.675. The van der Waals surface area contributed by atoms with Gasteiger partial charge in [-0.3, -0.25) is 9.69 Å². The first-order chi connectivity index (χ1) is 15.0. The maximum absolute atomic E-state index is 12.1. The SMILES string of the molecule is COC(=O)Cc1c(-c2ccnc(OCCN(C)C3CCCNC3)c2)cccc1C(C)C. The van der Waals surface area contributed by atoms with Gasteiger partial charge in [0.1, 0.15) is 6.61 Å². The normalized spacial score (nSPS) is 16.5. The Bertz CT molecular complexity index is 863. The molecule has 2 aromatic rings. The van der Waals surface area contributed by atoms with E-state index >= 15 is 0 Å². The maximum Gasteiger partial charge on any atom is 0.310 e. The molecule has 1 aromatic carbocycles. The van der Waals surface area contributed by atoms with Crippen molar-refractivity contribution in [3.63, 3.8) is 0 Å². The number of nitrogens with one attached hydrogen (secondary N) is 1. The lowest BCUT2D eigenvalue weighted by Gasteiger charge is -2.31. The highest BCUT2D eigenvalue weighted by molar-refractivity contribution is 5.79. The van der Waals surface area contributed by atoms with Crippen molar-refractivity contribution < 1.29 is 14.3 Å². The smallest absolute Gasteiger partial charge is 0.310 e. The van der Waals surface area contributed by atoms with E-state index in [2.05, 4.69) is 42.2 Å². The van der Waals surface area contributed by atoms with Gasteiger partial charge < -0.3 is 14.8 Å². The average Bonchev–Trinajstić information content (AvgIpc) is 2.79. The number of likely N-dealkylation sites (N-methyl/N-ethyl adjacent to an activating group) is 1. The number of pyridine rings is 1. The van der Waals surface area contributed by atoms with Gasteiger partial charge in [0, 0.05) is 31.4 Å². The molecule has 0 radical (unpaired) electrons. The number of nitrogens with zero attached hydrogens (tertiary/aromatic N) is 2. The van der Waals surface area contributed by atoms with E-state index in [-0.39, 0.29) is 12.4 Å². The third kappa shape index (κ3) is 6.28. The van der Waals surface area contributed by atoms with Crippen LogP contribution in [0.2, 0.25) is 0 Å². The zero-order valence-corrected chi connectivity index (χ0v) is 19.2. The summed E-state index contributed by atoms with van der Waals surface area (Å²) in [4.78, 5) is 18.8. The Balaban J connectivity index is 1.73. The third-order valence-corrected chi connectivity index (χ3v) is 6.02. The molecule has 1 aliphatic heterocycles. The fourth-order valence-corrected chi connectivity index (χ4v) is 4.17. The van der Waals surface area contributed by atoms with Crippen LogP contribution in [0.3, 0.4) is 0 Å². The molecule has 0 bridgehead atoms. The number of hydrogen-bond donors (Lipinski definition) is 1. The van der Waals surface area contributed by atoms with Gasteiger partial charge in [0.2, 0.25) is 5.88 Å². The van der Waals surface area contributed by atoms with Crippen LogP contribution in [0.1, 0.15) is 43.7 Å². The third-order valence-electron chi connectivity index (χ3n) is 6.02. The monoisotopic (exact) mass is 425 g/mol. The van der Waals surface area contributed by atoms with Crippen LogP contribution in [0.5, 0.6) is 5.88 Å². The number of aromatic nitrogens is 1. The molecule has 0 spiro atoms. The molecular formula is C25H35N3O3. The zero-order chi connectivity index (χ0) is 22.2. The van der Waals surface area contributed by atoms with E-state index in [1.54, 1.807) is 6.20 Å². The lowest BCUT2D eigenvalue weighted by atomic mass is 9.89. The standard InChI is InChI=1S/C25H35N3O3/c1-18(2)21-8-5-9-22(23(21)16-25(29)30-4)19-10-12-27-24(15-19)31-14-13-28(3)20-7-6-11-26-17-20/h5,8-10,12,15,18,20,26H,6-7,11,13-14,16-17H2,1-4H3. The first kappa shape index (κ1) is 23.2. The predicted octanol–water partition coefficient (Wildman–Crippen LogP) is 3.65. The Morgan fingerprint density at radius 2 is 2.16 bits per heavy atom.